The van der Waals surface area contributed by atoms with Gasteiger partial charge < -0.3 is 5.32 Å². The Kier molecular flexibility index (Phi) is 6.28. The molecule has 1 saturated heterocycles. The molecule has 1 aliphatic rings. The maximum atomic E-state index is 13.4. The van der Waals surface area contributed by atoms with Crippen LogP contribution in [-0.4, -0.2) is 33.7 Å². The van der Waals surface area contributed by atoms with E-state index >= 15 is 0 Å². The normalized spacial score (nSPS) is 18.6. The highest BCUT2D eigenvalue weighted by Crippen LogP contribution is 2.30. The fourth-order valence-corrected chi connectivity index (χ4v) is 3.99. The van der Waals surface area contributed by atoms with Gasteiger partial charge >= 0.3 is 0 Å². The first kappa shape index (κ1) is 19.6. The van der Waals surface area contributed by atoms with Gasteiger partial charge in [-0.2, -0.15) is 0 Å². The molecule has 1 aliphatic heterocycles. The summed E-state index contributed by atoms with van der Waals surface area (Å²) in [4.78, 5) is 31.0. The molecule has 0 aromatic heterocycles. The average Bonchev–Trinajstić information content (AvgIpc) is 2.63. The molecule has 3 rings (SSSR count). The van der Waals surface area contributed by atoms with E-state index in [0.717, 1.165) is 4.47 Å². The molecule has 27 heavy (non-hydrogen) atoms. The molecule has 2 aromatic rings. The minimum absolute atomic E-state index is 0.0863. The largest absolute Gasteiger partial charge is 0.325 e. The highest BCUT2D eigenvalue weighted by Gasteiger charge is 2.35. The van der Waals surface area contributed by atoms with E-state index in [2.05, 4.69) is 26.2 Å². The topological polar surface area (TPSA) is 61.8 Å². The van der Waals surface area contributed by atoms with Crippen LogP contribution >= 0.6 is 27.7 Å². The third kappa shape index (κ3) is 4.95. The summed E-state index contributed by atoms with van der Waals surface area (Å²) in [5.41, 5.74) is 1.05. The molecule has 2 amide bonds. The van der Waals surface area contributed by atoms with Crippen LogP contribution in [0.5, 0.6) is 0 Å². The number of anilines is 1. The summed E-state index contributed by atoms with van der Waals surface area (Å²) < 4.78 is 14.3. The molecule has 1 N–H and O–H groups in total. The highest BCUT2D eigenvalue weighted by molar-refractivity contribution is 9.10. The third-order valence-electron chi connectivity index (χ3n) is 3.89. The van der Waals surface area contributed by atoms with Crippen molar-refractivity contribution in [1.82, 2.24) is 4.90 Å². The zero-order chi connectivity index (χ0) is 19.4. The number of nitrogens with zero attached hydrogens (tertiary/aromatic N) is 2. The number of hydrogen-bond acceptors (Lipinski definition) is 4. The molecule has 0 bridgehead atoms. The van der Waals surface area contributed by atoms with Crippen molar-refractivity contribution in [1.29, 1.82) is 0 Å². The van der Waals surface area contributed by atoms with Gasteiger partial charge in [0.05, 0.1) is 5.69 Å². The van der Waals surface area contributed by atoms with Crippen molar-refractivity contribution < 1.29 is 14.0 Å². The predicted octanol–water partition coefficient (Wildman–Crippen LogP) is 4.57. The van der Waals surface area contributed by atoms with Gasteiger partial charge in [0, 0.05) is 23.1 Å². The van der Waals surface area contributed by atoms with Crippen molar-refractivity contribution in [3.8, 4) is 0 Å². The predicted molar refractivity (Wildman–Crippen MR) is 110 cm³/mol. The van der Waals surface area contributed by atoms with Gasteiger partial charge in [0.1, 0.15) is 11.1 Å². The van der Waals surface area contributed by atoms with Crippen LogP contribution in [0.15, 0.2) is 58.0 Å². The molecule has 0 spiro atoms. The van der Waals surface area contributed by atoms with Crippen LogP contribution in [-0.2, 0) is 9.59 Å². The second-order valence-corrected chi connectivity index (χ2v) is 7.90. The number of rotatable bonds is 4. The van der Waals surface area contributed by atoms with Gasteiger partial charge in [-0.15, -0.1) is 0 Å². The number of carbonyl (C=O) groups excluding carboxylic acids is 2. The van der Waals surface area contributed by atoms with Crippen LogP contribution in [0.2, 0.25) is 0 Å². The molecule has 1 heterocycles. The van der Waals surface area contributed by atoms with Crippen molar-refractivity contribution in [3.63, 3.8) is 0 Å². The Morgan fingerprint density at radius 3 is 2.74 bits per heavy atom. The van der Waals surface area contributed by atoms with E-state index in [4.69, 9.17) is 0 Å². The molecule has 8 heteroatoms. The van der Waals surface area contributed by atoms with Gasteiger partial charge in [0.2, 0.25) is 11.8 Å². The lowest BCUT2D eigenvalue weighted by Crippen LogP contribution is -2.45. The van der Waals surface area contributed by atoms with E-state index in [9.17, 15) is 14.0 Å². The van der Waals surface area contributed by atoms with E-state index in [1.54, 1.807) is 24.3 Å². The molecular weight excluding hydrogens is 433 g/mol. The van der Waals surface area contributed by atoms with Gasteiger partial charge in [-0.1, -0.05) is 33.8 Å². The van der Waals surface area contributed by atoms with Crippen LogP contribution in [0.1, 0.15) is 13.3 Å². The van der Waals surface area contributed by atoms with Crippen LogP contribution in [0, 0.1) is 5.82 Å². The van der Waals surface area contributed by atoms with Crippen LogP contribution in [0.3, 0.4) is 0 Å². The minimum atomic E-state index is -0.601. The number of halogens is 2. The zero-order valence-corrected chi connectivity index (χ0v) is 16.9. The molecule has 0 saturated carbocycles. The van der Waals surface area contributed by atoms with Gasteiger partial charge in [0.15, 0.2) is 5.17 Å². The van der Waals surface area contributed by atoms with Crippen molar-refractivity contribution in [2.75, 3.05) is 11.9 Å². The SMILES string of the molecule is CCN1C(=O)C[C@@H](C(=O)Nc2ccc(Br)cc2)SC1=Nc1cccc(F)c1. The van der Waals surface area contributed by atoms with Crippen LogP contribution < -0.4 is 5.32 Å². The van der Waals surface area contributed by atoms with Gasteiger partial charge in [-0.05, 0) is 49.4 Å². The molecule has 1 fully saturated rings. The lowest BCUT2D eigenvalue weighted by molar-refractivity contribution is -0.129. The van der Waals surface area contributed by atoms with Crippen LogP contribution in [0.4, 0.5) is 15.8 Å². The molecule has 5 nitrogen and oxygen atoms in total. The number of thioether (sulfide) groups is 1. The minimum Gasteiger partial charge on any atom is -0.325 e. The number of carbonyl (C=O) groups is 2. The zero-order valence-electron chi connectivity index (χ0n) is 14.5. The third-order valence-corrected chi connectivity index (χ3v) is 5.61. The summed E-state index contributed by atoms with van der Waals surface area (Å²) in [6.07, 6.45) is 0.0863. The maximum absolute atomic E-state index is 13.4. The lowest BCUT2D eigenvalue weighted by Gasteiger charge is -2.30. The molecule has 2 aromatic carbocycles. The Bertz CT molecular complexity index is 889. The maximum Gasteiger partial charge on any atom is 0.238 e. The fourth-order valence-electron chi connectivity index (χ4n) is 2.56. The monoisotopic (exact) mass is 449 g/mol. The van der Waals surface area contributed by atoms with Gasteiger partial charge in [-0.25, -0.2) is 9.38 Å². The molecule has 0 radical (unpaired) electrons. The quantitative estimate of drug-likeness (QED) is 0.743. The van der Waals surface area contributed by atoms with Crippen molar-refractivity contribution in [3.05, 3.63) is 58.8 Å². The summed E-state index contributed by atoms with van der Waals surface area (Å²) in [6.45, 7) is 2.27. The summed E-state index contributed by atoms with van der Waals surface area (Å²) >= 11 is 4.56. The van der Waals surface area contributed by atoms with E-state index in [1.165, 1.54) is 28.8 Å². The molecule has 140 valence electrons. The molecular formula is C19H17BrFN3O2S. The molecule has 1 atom stereocenters. The van der Waals surface area contributed by atoms with Gasteiger partial charge in [0.25, 0.3) is 0 Å². The first-order chi connectivity index (χ1) is 13.0. The summed E-state index contributed by atoms with van der Waals surface area (Å²) in [5, 5.41) is 2.62. The number of aliphatic imine (C=N–C) groups is 1. The Balaban J connectivity index is 1.80. The second-order valence-electron chi connectivity index (χ2n) is 5.82. The van der Waals surface area contributed by atoms with E-state index in [-0.39, 0.29) is 18.2 Å². The number of amidine groups is 1. The Hall–Kier alpha value is -2.19. The van der Waals surface area contributed by atoms with Gasteiger partial charge in [-0.3, -0.25) is 14.5 Å². The van der Waals surface area contributed by atoms with E-state index in [1.807, 2.05) is 19.1 Å². The van der Waals surface area contributed by atoms with Crippen molar-refractivity contribution >= 4 is 56.0 Å². The lowest BCUT2D eigenvalue weighted by atomic mass is 10.2. The van der Waals surface area contributed by atoms with E-state index in [0.29, 0.717) is 23.1 Å². The standard InChI is InChI=1S/C19H17BrFN3O2S/c1-2-24-17(25)11-16(18(26)22-14-8-6-12(20)7-9-14)27-19(24)23-15-5-3-4-13(21)10-15/h3-10,16H,2,11H2,1H3,(H,22,26)/t16-/m0/s1. The van der Waals surface area contributed by atoms with Crippen molar-refractivity contribution in [2.24, 2.45) is 4.99 Å². The number of amides is 2. The number of hydrogen-bond donors (Lipinski definition) is 1. The number of benzene rings is 2. The first-order valence-corrected chi connectivity index (χ1v) is 10.0. The Morgan fingerprint density at radius 1 is 1.33 bits per heavy atom. The Morgan fingerprint density at radius 2 is 2.07 bits per heavy atom. The van der Waals surface area contributed by atoms with E-state index < -0.39 is 11.1 Å². The Labute approximate surface area is 169 Å². The molecule has 0 aliphatic carbocycles. The summed E-state index contributed by atoms with van der Waals surface area (Å²) in [6, 6.07) is 13.0. The first-order valence-electron chi connectivity index (χ1n) is 8.34. The summed E-state index contributed by atoms with van der Waals surface area (Å²) in [5.74, 6) is -0.850. The summed E-state index contributed by atoms with van der Waals surface area (Å²) in [7, 11) is 0. The fraction of sp³-hybridized carbons (Fsp3) is 0.211. The highest BCUT2D eigenvalue weighted by atomic mass is 79.9. The second kappa shape index (κ2) is 8.67. The smallest absolute Gasteiger partial charge is 0.238 e. The average molecular weight is 450 g/mol. The van der Waals surface area contributed by atoms with Crippen LogP contribution in [0.25, 0.3) is 0 Å². The van der Waals surface area contributed by atoms with Crippen molar-refractivity contribution in [2.45, 2.75) is 18.6 Å². The number of nitrogens with one attached hydrogen (secondary N) is 1. The molecule has 0 unspecified atom stereocenters.